The van der Waals surface area contributed by atoms with Gasteiger partial charge >= 0.3 is 0 Å². The second-order valence-electron chi connectivity index (χ2n) is 30.8. The number of hydrogen-bond donors (Lipinski definition) is 0. The van der Waals surface area contributed by atoms with Crippen LogP contribution in [0.2, 0.25) is 0 Å². The average molecular weight is 1720 g/mol. The van der Waals surface area contributed by atoms with Crippen molar-refractivity contribution in [2.24, 2.45) is 0 Å². The fraction of sp³-hybridized carbons (Fsp3) is 0.133. The third kappa shape index (κ3) is 27.3. The minimum absolute atomic E-state index is 0.0109. The number of hydrogen-bond acceptors (Lipinski definition) is 17. The van der Waals surface area contributed by atoms with Gasteiger partial charge in [-0.05, 0) is 187 Å². The first-order valence-electron chi connectivity index (χ1n) is 42.8. The van der Waals surface area contributed by atoms with Crippen molar-refractivity contribution >= 4 is 0 Å². The number of nitriles is 2. The minimum atomic E-state index is 0.0109. The molecule has 0 aromatic heterocycles. The Hall–Kier alpha value is -16.5. The predicted molar refractivity (Wildman–Crippen MR) is 497 cm³/mol. The lowest BCUT2D eigenvalue weighted by Crippen LogP contribution is -2.05. The van der Waals surface area contributed by atoms with Crippen LogP contribution in [0.1, 0.15) is 94.6 Å². The summed E-state index contributed by atoms with van der Waals surface area (Å²) < 4.78 is 99.0. The first-order chi connectivity index (χ1) is 64.1. The van der Waals surface area contributed by atoms with Crippen LogP contribution in [-0.2, 0) is 99.1 Å². The summed E-state index contributed by atoms with van der Waals surface area (Å²) in [5.41, 5.74) is 13.8. The molecule has 0 atom stereocenters. The Kier molecular flexibility index (Phi) is 30.4. The van der Waals surface area contributed by atoms with Crippen LogP contribution in [0, 0.1) is 22.7 Å². The molecular formula is C113H94N2O15. The van der Waals surface area contributed by atoms with Crippen molar-refractivity contribution in [2.75, 3.05) is 0 Å². The molecule has 0 heterocycles. The molecule has 0 aliphatic rings. The Balaban J connectivity index is 0.708. The van der Waals surface area contributed by atoms with Gasteiger partial charge < -0.3 is 71.1 Å². The molecule has 0 spiro atoms. The van der Waals surface area contributed by atoms with Crippen LogP contribution >= 0.6 is 0 Å². The van der Waals surface area contributed by atoms with Crippen molar-refractivity contribution < 1.29 is 71.1 Å². The zero-order valence-corrected chi connectivity index (χ0v) is 71.6. The zero-order valence-electron chi connectivity index (χ0n) is 71.6. The molecule has 0 amide bonds. The lowest BCUT2D eigenvalue weighted by atomic mass is 10.1. The lowest BCUT2D eigenvalue weighted by Gasteiger charge is -2.17. The standard InChI is InChI=1S/C113H94N2O15/c114-65-97-41-42-99(57-98(97)66-115)116-75-90-43-108(125-80-95-53-110(127-76-91-45-100(117-67-82-25-9-1-10-26-82)58-101(46-91)118-68-83-27-11-2-12-28-83)63-111(54-95)128-77-92-47-102(119-69-84-29-13-3-14-30-84)59-103(48-92)120-70-85-31-15-4-16-32-85)62-109(44-90)126-81-96-55-112(129-78-93-49-104(121-71-86-33-17-5-18-34-86)60-105(50-93)122-72-87-35-19-6-20-36-87)64-113(56-96)130-79-94-51-106(123-73-88-37-21-7-22-38-88)61-107(52-94)124-74-89-39-23-8-24-40-89/h1-64H,67-81H2. The molecule has 0 saturated heterocycles. The smallest absolute Gasteiger partial charge is 0.123 e. The van der Waals surface area contributed by atoms with E-state index in [9.17, 15) is 10.5 Å². The molecular weight excluding hydrogens is 1630 g/mol. The number of ether oxygens (including phenoxy) is 15. The van der Waals surface area contributed by atoms with Crippen molar-refractivity contribution in [3.8, 4) is 98.4 Å². The summed E-state index contributed by atoms with van der Waals surface area (Å²) in [5.74, 6) is 8.09. The number of rotatable bonds is 45. The Morgan fingerprint density at radius 1 is 0.123 bits per heavy atom. The zero-order chi connectivity index (χ0) is 88.4. The number of nitrogens with zero attached hydrogens (tertiary/aromatic N) is 2. The SMILES string of the molecule is N#Cc1ccc(OCc2cc(OCc3cc(OCc4cc(OCc5ccccc5)cc(OCc5ccccc5)c4)cc(OCc4cc(OCc5ccccc5)cc(OCc5ccccc5)c4)c3)cc(OCc3cc(OCc4cc(OCc5ccccc5)cc(OCc5ccccc5)c4)cc(OCc4cc(OCc5ccccc5)cc(OCc5ccccc5)c4)c3)c2)cc1C#N. The summed E-state index contributed by atoms with van der Waals surface area (Å²) >= 11 is 0. The minimum Gasteiger partial charge on any atom is -0.489 e. The fourth-order valence-corrected chi connectivity index (χ4v) is 14.1. The van der Waals surface area contributed by atoms with E-state index < -0.39 is 0 Å². The van der Waals surface area contributed by atoms with Gasteiger partial charge in [0.1, 0.15) is 197 Å². The van der Waals surface area contributed by atoms with Crippen LogP contribution in [0.5, 0.6) is 86.2 Å². The second kappa shape index (κ2) is 45.4. The predicted octanol–water partition coefficient (Wildman–Crippen LogP) is 25.1. The van der Waals surface area contributed by atoms with Crippen molar-refractivity contribution in [1.29, 1.82) is 10.5 Å². The average Bonchev–Trinajstić information content (AvgIpc) is 0.886. The quantitative estimate of drug-likeness (QED) is 0.0350. The van der Waals surface area contributed by atoms with Gasteiger partial charge in [0.25, 0.3) is 0 Å². The van der Waals surface area contributed by atoms with E-state index in [0.717, 1.165) is 66.8 Å². The highest BCUT2D eigenvalue weighted by molar-refractivity contribution is 5.51. The van der Waals surface area contributed by atoms with Crippen molar-refractivity contribution in [3.63, 3.8) is 0 Å². The van der Waals surface area contributed by atoms with E-state index in [1.54, 1.807) is 18.2 Å². The van der Waals surface area contributed by atoms with Gasteiger partial charge in [0.2, 0.25) is 0 Å². The highest BCUT2D eigenvalue weighted by Crippen LogP contribution is 2.36. The number of benzene rings is 16. The van der Waals surface area contributed by atoms with E-state index in [-0.39, 0.29) is 57.4 Å². The van der Waals surface area contributed by atoms with E-state index in [1.807, 2.05) is 370 Å². The molecule has 0 N–H and O–H groups in total. The van der Waals surface area contributed by atoms with E-state index in [1.165, 1.54) is 0 Å². The van der Waals surface area contributed by atoms with Gasteiger partial charge in [-0.3, -0.25) is 0 Å². The van der Waals surface area contributed by atoms with Crippen LogP contribution in [-0.4, -0.2) is 0 Å². The van der Waals surface area contributed by atoms with Gasteiger partial charge in [-0.1, -0.05) is 243 Å². The molecule has 0 aliphatic carbocycles. The van der Waals surface area contributed by atoms with Gasteiger partial charge in [-0.2, -0.15) is 10.5 Å². The van der Waals surface area contributed by atoms with E-state index >= 15 is 0 Å². The van der Waals surface area contributed by atoms with Gasteiger partial charge in [0, 0.05) is 42.5 Å². The molecule has 0 aliphatic heterocycles. The summed E-state index contributed by atoms with van der Waals surface area (Å²) in [6.07, 6.45) is 0. The van der Waals surface area contributed by atoms with E-state index in [0.29, 0.717) is 156 Å². The van der Waals surface area contributed by atoms with Crippen molar-refractivity contribution in [1.82, 2.24) is 0 Å². The Labute approximate surface area is 757 Å². The second-order valence-corrected chi connectivity index (χ2v) is 30.8. The largest absolute Gasteiger partial charge is 0.489 e. The monoisotopic (exact) mass is 1720 g/mol. The molecule has 0 unspecified atom stereocenters. The Bertz CT molecular complexity index is 5500. The third-order valence-electron chi connectivity index (χ3n) is 20.6. The summed E-state index contributed by atoms with van der Waals surface area (Å²) in [5, 5.41) is 19.9. The van der Waals surface area contributed by atoms with Gasteiger partial charge in [0.05, 0.1) is 11.1 Å². The lowest BCUT2D eigenvalue weighted by molar-refractivity contribution is 0.269. The molecule has 17 heteroatoms. The van der Waals surface area contributed by atoms with Crippen LogP contribution in [0.25, 0.3) is 0 Å². The Morgan fingerprint density at radius 3 is 0.392 bits per heavy atom. The van der Waals surface area contributed by atoms with Crippen molar-refractivity contribution in [3.05, 3.63) is 483 Å². The first-order valence-corrected chi connectivity index (χ1v) is 42.8. The topological polar surface area (TPSA) is 186 Å². The molecule has 16 aromatic carbocycles. The molecule has 646 valence electrons. The Morgan fingerprint density at radius 2 is 0.254 bits per heavy atom. The molecule has 0 bridgehead atoms. The third-order valence-corrected chi connectivity index (χ3v) is 20.6. The molecule has 130 heavy (non-hydrogen) atoms. The normalized spacial score (nSPS) is 10.8. The molecule has 16 aromatic rings. The molecule has 0 saturated carbocycles. The molecule has 17 nitrogen and oxygen atoms in total. The molecule has 16 rings (SSSR count). The fourth-order valence-electron chi connectivity index (χ4n) is 14.1. The maximum Gasteiger partial charge on any atom is 0.123 e. The molecule has 0 radical (unpaired) electrons. The van der Waals surface area contributed by atoms with Crippen LogP contribution in [0.4, 0.5) is 0 Å². The maximum absolute atomic E-state index is 10.1. The highest BCUT2D eigenvalue weighted by Gasteiger charge is 2.18. The van der Waals surface area contributed by atoms with Crippen LogP contribution < -0.4 is 71.1 Å². The summed E-state index contributed by atoms with van der Waals surface area (Å²) in [6.45, 7) is 3.26. The van der Waals surface area contributed by atoms with Crippen LogP contribution in [0.15, 0.2) is 388 Å². The highest BCUT2D eigenvalue weighted by atomic mass is 16.5. The molecule has 0 fully saturated rings. The van der Waals surface area contributed by atoms with Crippen LogP contribution in [0.3, 0.4) is 0 Å². The summed E-state index contributed by atoms with van der Waals surface area (Å²) in [6, 6.07) is 129. The summed E-state index contributed by atoms with van der Waals surface area (Å²) in [7, 11) is 0. The van der Waals surface area contributed by atoms with Gasteiger partial charge in [-0.15, -0.1) is 0 Å². The first kappa shape index (κ1) is 87.0. The van der Waals surface area contributed by atoms with E-state index in [4.69, 9.17) is 71.1 Å². The van der Waals surface area contributed by atoms with E-state index in [2.05, 4.69) is 12.1 Å². The summed E-state index contributed by atoms with van der Waals surface area (Å²) in [4.78, 5) is 0. The van der Waals surface area contributed by atoms with Gasteiger partial charge in [-0.25, -0.2) is 0 Å². The maximum atomic E-state index is 10.1. The van der Waals surface area contributed by atoms with Gasteiger partial charge in [0.15, 0.2) is 0 Å². The van der Waals surface area contributed by atoms with Crippen molar-refractivity contribution in [2.45, 2.75) is 99.1 Å².